The first kappa shape index (κ1) is 14.6. The number of rotatable bonds is 3. The number of nitrogens with one attached hydrogen (secondary N) is 1. The molecule has 0 aliphatic rings. The van der Waals surface area contributed by atoms with Gasteiger partial charge in [-0.2, -0.15) is 0 Å². The monoisotopic (exact) mass is 321 g/mol. The van der Waals surface area contributed by atoms with Crippen LogP contribution in [0.1, 0.15) is 11.1 Å². The topological polar surface area (TPSA) is 50.7 Å². The van der Waals surface area contributed by atoms with Crippen LogP contribution in [-0.4, -0.2) is 14.5 Å². The molecule has 0 saturated carbocycles. The molecular weight excluding hydrogens is 305 g/mol. The van der Waals surface area contributed by atoms with E-state index >= 15 is 0 Å². The molecule has 24 heavy (non-hydrogen) atoms. The van der Waals surface area contributed by atoms with E-state index in [-0.39, 0.29) is 11.4 Å². The molecule has 120 valence electrons. The summed E-state index contributed by atoms with van der Waals surface area (Å²) in [5.41, 5.74) is 4.17. The summed E-state index contributed by atoms with van der Waals surface area (Å²) >= 11 is 0. The minimum Gasteiger partial charge on any atom is -0.349 e. The second-order valence-corrected chi connectivity index (χ2v) is 6.02. The lowest BCUT2D eigenvalue weighted by Crippen LogP contribution is -2.21. The van der Waals surface area contributed by atoms with Crippen molar-refractivity contribution in [3.8, 4) is 0 Å². The van der Waals surface area contributed by atoms with Crippen molar-refractivity contribution < 1.29 is 4.39 Å². The van der Waals surface area contributed by atoms with Gasteiger partial charge < -0.3 is 4.98 Å². The maximum Gasteiger partial charge on any atom is 0.277 e. The van der Waals surface area contributed by atoms with E-state index in [4.69, 9.17) is 0 Å². The SMILES string of the molecule is Cc1ccc2c(c1)[nH]c1c(=O)n(CCc3ccc(F)cc3)cnc12. The molecule has 0 spiro atoms. The molecule has 0 fully saturated rings. The summed E-state index contributed by atoms with van der Waals surface area (Å²) in [5.74, 6) is -0.257. The van der Waals surface area contributed by atoms with Gasteiger partial charge in [-0.25, -0.2) is 9.37 Å². The van der Waals surface area contributed by atoms with Crippen LogP contribution in [0.3, 0.4) is 0 Å². The Balaban J connectivity index is 1.71. The van der Waals surface area contributed by atoms with Crippen LogP contribution in [0.5, 0.6) is 0 Å². The minimum absolute atomic E-state index is 0.0871. The summed E-state index contributed by atoms with van der Waals surface area (Å²) in [6.45, 7) is 2.52. The normalized spacial score (nSPS) is 11.4. The standard InChI is InChI=1S/C19H16FN3O/c1-12-2-7-15-16(10-12)22-18-17(15)21-11-23(19(18)24)9-8-13-3-5-14(20)6-4-13/h2-7,10-11,22H,8-9H2,1H3. The van der Waals surface area contributed by atoms with E-state index in [2.05, 4.69) is 9.97 Å². The molecule has 2 heterocycles. The number of hydrogen-bond acceptors (Lipinski definition) is 2. The van der Waals surface area contributed by atoms with Gasteiger partial charge in [0.2, 0.25) is 0 Å². The van der Waals surface area contributed by atoms with E-state index in [0.717, 1.165) is 22.0 Å². The number of benzene rings is 2. The Kier molecular flexibility index (Phi) is 3.41. The average molecular weight is 321 g/mol. The molecule has 0 aliphatic carbocycles. The summed E-state index contributed by atoms with van der Waals surface area (Å²) in [7, 11) is 0. The van der Waals surface area contributed by atoms with Crippen LogP contribution in [0, 0.1) is 12.7 Å². The lowest BCUT2D eigenvalue weighted by atomic mass is 10.1. The van der Waals surface area contributed by atoms with Gasteiger partial charge in [0.25, 0.3) is 5.56 Å². The number of aromatic nitrogens is 3. The number of H-pyrrole nitrogens is 1. The van der Waals surface area contributed by atoms with E-state index in [0.29, 0.717) is 24.0 Å². The van der Waals surface area contributed by atoms with Crippen molar-refractivity contribution in [2.45, 2.75) is 19.9 Å². The Morgan fingerprint density at radius 3 is 2.75 bits per heavy atom. The Morgan fingerprint density at radius 2 is 1.96 bits per heavy atom. The minimum atomic E-state index is -0.257. The number of nitrogens with zero attached hydrogens (tertiary/aromatic N) is 2. The fourth-order valence-corrected chi connectivity index (χ4v) is 2.97. The Hall–Kier alpha value is -2.95. The van der Waals surface area contributed by atoms with Crippen LogP contribution in [0.4, 0.5) is 4.39 Å². The zero-order valence-corrected chi connectivity index (χ0v) is 13.2. The highest BCUT2D eigenvalue weighted by molar-refractivity contribution is 6.04. The lowest BCUT2D eigenvalue weighted by molar-refractivity contribution is 0.624. The van der Waals surface area contributed by atoms with Crippen molar-refractivity contribution in [1.29, 1.82) is 0 Å². The van der Waals surface area contributed by atoms with E-state index in [1.165, 1.54) is 12.1 Å². The first-order valence-corrected chi connectivity index (χ1v) is 7.84. The molecule has 0 amide bonds. The lowest BCUT2D eigenvalue weighted by Gasteiger charge is -2.05. The van der Waals surface area contributed by atoms with Gasteiger partial charge in [0.05, 0.1) is 6.33 Å². The summed E-state index contributed by atoms with van der Waals surface area (Å²) in [6.07, 6.45) is 2.23. The van der Waals surface area contributed by atoms with Crippen molar-refractivity contribution in [2.24, 2.45) is 0 Å². The fraction of sp³-hybridized carbons (Fsp3) is 0.158. The molecule has 0 atom stereocenters. The van der Waals surface area contributed by atoms with Crippen LogP contribution >= 0.6 is 0 Å². The number of fused-ring (bicyclic) bond motifs is 3. The third-order valence-electron chi connectivity index (χ3n) is 4.28. The van der Waals surface area contributed by atoms with E-state index in [1.807, 2.05) is 25.1 Å². The number of halogens is 1. The molecule has 0 radical (unpaired) electrons. The number of aromatic amines is 1. The predicted octanol–water partition coefficient (Wildman–Crippen LogP) is 3.57. The van der Waals surface area contributed by atoms with Crippen LogP contribution in [0.2, 0.25) is 0 Å². The Morgan fingerprint density at radius 1 is 1.17 bits per heavy atom. The molecule has 5 heteroatoms. The molecule has 1 N–H and O–H groups in total. The van der Waals surface area contributed by atoms with Gasteiger partial charge in [-0.15, -0.1) is 0 Å². The zero-order valence-electron chi connectivity index (χ0n) is 13.2. The van der Waals surface area contributed by atoms with Crippen molar-refractivity contribution in [2.75, 3.05) is 0 Å². The van der Waals surface area contributed by atoms with Gasteiger partial charge >= 0.3 is 0 Å². The second-order valence-electron chi connectivity index (χ2n) is 6.02. The number of aryl methyl sites for hydroxylation is 3. The van der Waals surface area contributed by atoms with Crippen molar-refractivity contribution in [3.63, 3.8) is 0 Å². The number of hydrogen-bond donors (Lipinski definition) is 1. The highest BCUT2D eigenvalue weighted by Crippen LogP contribution is 2.22. The van der Waals surface area contributed by atoms with Crippen molar-refractivity contribution in [3.05, 3.63) is 76.1 Å². The average Bonchev–Trinajstić information content (AvgIpc) is 2.94. The van der Waals surface area contributed by atoms with Gasteiger partial charge in [-0.05, 0) is 42.7 Å². The molecule has 2 aromatic carbocycles. The predicted molar refractivity (Wildman–Crippen MR) is 92.7 cm³/mol. The molecule has 4 rings (SSSR count). The van der Waals surface area contributed by atoms with Crippen molar-refractivity contribution >= 4 is 21.9 Å². The van der Waals surface area contributed by atoms with E-state index in [9.17, 15) is 9.18 Å². The zero-order chi connectivity index (χ0) is 16.7. The smallest absolute Gasteiger partial charge is 0.277 e. The maximum absolute atomic E-state index is 12.9. The van der Waals surface area contributed by atoms with Crippen molar-refractivity contribution in [1.82, 2.24) is 14.5 Å². The second kappa shape index (κ2) is 5.60. The quantitative estimate of drug-likeness (QED) is 0.627. The maximum atomic E-state index is 12.9. The largest absolute Gasteiger partial charge is 0.349 e. The summed E-state index contributed by atoms with van der Waals surface area (Å²) < 4.78 is 14.5. The van der Waals surface area contributed by atoms with E-state index in [1.54, 1.807) is 23.0 Å². The van der Waals surface area contributed by atoms with Crippen LogP contribution in [-0.2, 0) is 13.0 Å². The van der Waals surface area contributed by atoms with Gasteiger partial charge in [0.1, 0.15) is 16.9 Å². The van der Waals surface area contributed by atoms with Crippen LogP contribution in [0.25, 0.3) is 21.9 Å². The Labute approximate surface area is 137 Å². The molecule has 0 bridgehead atoms. The molecule has 4 aromatic rings. The van der Waals surface area contributed by atoms with Gasteiger partial charge in [-0.1, -0.05) is 24.3 Å². The van der Waals surface area contributed by atoms with Gasteiger partial charge in [-0.3, -0.25) is 9.36 Å². The van der Waals surface area contributed by atoms with Gasteiger partial charge in [0.15, 0.2) is 0 Å². The highest BCUT2D eigenvalue weighted by atomic mass is 19.1. The molecule has 0 aliphatic heterocycles. The molecule has 2 aromatic heterocycles. The van der Waals surface area contributed by atoms with E-state index < -0.39 is 0 Å². The van der Waals surface area contributed by atoms with Crippen LogP contribution in [0.15, 0.2) is 53.6 Å². The summed E-state index contributed by atoms with van der Waals surface area (Å²) in [4.78, 5) is 20.3. The molecular formula is C19H16FN3O. The first-order chi connectivity index (χ1) is 11.6. The first-order valence-electron chi connectivity index (χ1n) is 7.84. The molecule has 0 saturated heterocycles. The highest BCUT2D eigenvalue weighted by Gasteiger charge is 2.10. The third kappa shape index (κ3) is 2.48. The fourth-order valence-electron chi connectivity index (χ4n) is 2.97. The Bertz CT molecular complexity index is 1090. The van der Waals surface area contributed by atoms with Crippen LogP contribution < -0.4 is 5.56 Å². The molecule has 0 unspecified atom stereocenters. The molecule has 4 nitrogen and oxygen atoms in total. The summed E-state index contributed by atoms with van der Waals surface area (Å²) in [5, 5.41) is 0.957. The summed E-state index contributed by atoms with van der Waals surface area (Å²) in [6, 6.07) is 12.3. The van der Waals surface area contributed by atoms with Gasteiger partial charge in [0, 0.05) is 17.4 Å². The third-order valence-corrected chi connectivity index (χ3v) is 4.28.